The molecule has 1 aromatic heterocycles. The van der Waals surface area contributed by atoms with Crippen molar-refractivity contribution in [2.24, 2.45) is 0 Å². The molecule has 1 aromatic rings. The molecule has 0 amide bonds. The third-order valence-corrected chi connectivity index (χ3v) is 8.12. The van der Waals surface area contributed by atoms with Crippen molar-refractivity contribution in [2.75, 3.05) is 38.5 Å². The van der Waals surface area contributed by atoms with Gasteiger partial charge in [-0.15, -0.1) is 0 Å². The van der Waals surface area contributed by atoms with Crippen molar-refractivity contribution in [1.82, 2.24) is 9.55 Å². The second-order valence-electron chi connectivity index (χ2n) is 10.00. The monoisotopic (exact) mass is 555 g/mol. The summed E-state index contributed by atoms with van der Waals surface area (Å²) in [5.74, 6) is 0.167. The highest BCUT2D eigenvalue weighted by Gasteiger charge is 2.33. The number of unbranched alkanes of at least 4 members (excludes halogenated alkanes) is 12. The van der Waals surface area contributed by atoms with Gasteiger partial charge in [0.1, 0.15) is 18.3 Å². The first kappa shape index (κ1) is 32.7. The molecule has 2 atom stereocenters. The second kappa shape index (κ2) is 20.4. The summed E-state index contributed by atoms with van der Waals surface area (Å²) in [6.07, 6.45) is 23.7. The Hall–Kier alpha value is -1.51. The Morgan fingerprint density at radius 1 is 1.00 bits per heavy atom. The van der Waals surface area contributed by atoms with Gasteiger partial charge in [-0.1, -0.05) is 76.9 Å². The minimum Gasteiger partial charge on any atom is -0.383 e. The number of aromatic nitrogens is 2. The first-order valence-corrected chi connectivity index (χ1v) is 16.3. The van der Waals surface area contributed by atoms with Gasteiger partial charge < -0.3 is 24.3 Å². The SMILES string of the molecule is CCCCCCCC/C=C/CCCCCCCCOCCOP1(=O)CO[C@@H](Cn2ccc(N)nc2=O)CO1. The Bertz CT molecular complexity index is 866. The van der Waals surface area contributed by atoms with E-state index in [1.54, 1.807) is 6.20 Å². The van der Waals surface area contributed by atoms with Gasteiger partial charge in [0.25, 0.3) is 0 Å². The topological polar surface area (TPSA) is 115 Å². The van der Waals surface area contributed by atoms with Gasteiger partial charge in [-0.3, -0.25) is 9.13 Å². The molecule has 2 rings (SSSR count). The van der Waals surface area contributed by atoms with Crippen LogP contribution in [0.4, 0.5) is 5.82 Å². The highest BCUT2D eigenvalue weighted by atomic mass is 31.2. The van der Waals surface area contributed by atoms with Crippen LogP contribution < -0.4 is 11.4 Å². The number of allylic oxidation sites excluding steroid dienone is 2. The molecule has 0 aromatic carbocycles. The van der Waals surface area contributed by atoms with Gasteiger partial charge in [0, 0.05) is 12.8 Å². The Balaban J connectivity index is 1.35. The lowest BCUT2D eigenvalue weighted by Gasteiger charge is -2.29. The van der Waals surface area contributed by atoms with Gasteiger partial charge in [-0.25, -0.2) is 4.79 Å². The molecule has 10 heteroatoms. The predicted octanol–water partition coefficient (Wildman–Crippen LogP) is 6.46. The summed E-state index contributed by atoms with van der Waals surface area (Å²) in [6, 6.07) is 1.54. The number of hydrogen-bond donors (Lipinski definition) is 1. The molecule has 1 aliphatic rings. The Morgan fingerprint density at radius 2 is 1.66 bits per heavy atom. The van der Waals surface area contributed by atoms with Gasteiger partial charge in [0.15, 0.2) is 0 Å². The van der Waals surface area contributed by atoms with Crippen molar-refractivity contribution in [3.05, 3.63) is 34.9 Å². The standard InChI is InChI=1S/C28H50N3O6P/c1-2-3-4-5-6-7-8-9-10-11-12-13-14-15-16-17-20-34-21-22-36-38(33)25-35-26(24-37-38)23-31-19-18-27(29)30-28(31)32/h9-10,18-19,26H,2-8,11-17,20-25H2,1H3,(H2,29,30,32)/b10-9+/t26-,38?/m0/s1. The molecule has 1 fully saturated rings. The van der Waals surface area contributed by atoms with E-state index in [1.165, 1.54) is 87.7 Å². The van der Waals surface area contributed by atoms with Crippen LogP contribution in [-0.2, 0) is 29.6 Å². The minimum atomic E-state index is -3.30. The minimum absolute atomic E-state index is 0.0738. The summed E-state index contributed by atoms with van der Waals surface area (Å²) < 4.78 is 36.1. The molecule has 1 saturated heterocycles. The fraction of sp³-hybridized carbons (Fsp3) is 0.786. The highest BCUT2D eigenvalue weighted by Crippen LogP contribution is 2.50. The maximum absolute atomic E-state index is 12.6. The third kappa shape index (κ3) is 15.2. The van der Waals surface area contributed by atoms with Gasteiger partial charge in [-0.05, 0) is 38.2 Å². The Kier molecular flexibility index (Phi) is 17.6. The van der Waals surface area contributed by atoms with Crippen molar-refractivity contribution in [3.63, 3.8) is 0 Å². The lowest BCUT2D eigenvalue weighted by Crippen LogP contribution is -2.35. The number of nitrogens with zero attached hydrogens (tertiary/aromatic N) is 2. The van der Waals surface area contributed by atoms with E-state index in [2.05, 4.69) is 24.1 Å². The average molecular weight is 556 g/mol. The van der Waals surface area contributed by atoms with Crippen LogP contribution in [0, 0.1) is 0 Å². The molecule has 1 aliphatic heterocycles. The van der Waals surface area contributed by atoms with E-state index in [9.17, 15) is 9.36 Å². The number of ether oxygens (including phenoxy) is 2. The molecule has 0 aliphatic carbocycles. The van der Waals surface area contributed by atoms with Crippen LogP contribution in [-0.4, -0.2) is 48.4 Å². The Labute approximate surface area is 229 Å². The molecular weight excluding hydrogens is 505 g/mol. The predicted molar refractivity (Wildman–Crippen MR) is 152 cm³/mol. The number of nitrogen functional groups attached to an aromatic ring is 1. The van der Waals surface area contributed by atoms with Gasteiger partial charge in [0.05, 0.1) is 26.4 Å². The normalized spacial score (nSPS) is 19.9. The van der Waals surface area contributed by atoms with Crippen molar-refractivity contribution < 1.29 is 23.1 Å². The van der Waals surface area contributed by atoms with Crippen molar-refractivity contribution in [3.8, 4) is 0 Å². The van der Waals surface area contributed by atoms with E-state index in [0.717, 1.165) is 12.8 Å². The maximum atomic E-state index is 12.6. The van der Waals surface area contributed by atoms with E-state index in [4.69, 9.17) is 24.3 Å². The van der Waals surface area contributed by atoms with Gasteiger partial charge in [-0.2, -0.15) is 4.98 Å². The van der Waals surface area contributed by atoms with Crippen LogP contribution in [0.3, 0.4) is 0 Å². The number of hydrogen-bond acceptors (Lipinski definition) is 8. The molecule has 0 spiro atoms. The molecule has 0 saturated carbocycles. The lowest BCUT2D eigenvalue weighted by molar-refractivity contribution is -0.0179. The third-order valence-electron chi connectivity index (χ3n) is 6.54. The van der Waals surface area contributed by atoms with Crippen molar-refractivity contribution in [1.29, 1.82) is 0 Å². The van der Waals surface area contributed by atoms with Gasteiger partial charge in [0.2, 0.25) is 0 Å². The van der Waals surface area contributed by atoms with Gasteiger partial charge >= 0.3 is 13.3 Å². The van der Waals surface area contributed by atoms with Crippen molar-refractivity contribution >= 4 is 13.4 Å². The van der Waals surface area contributed by atoms with Crippen LogP contribution in [0.1, 0.15) is 96.8 Å². The van der Waals surface area contributed by atoms with Crippen LogP contribution in [0.25, 0.3) is 0 Å². The van der Waals surface area contributed by atoms with E-state index >= 15 is 0 Å². The molecule has 1 unspecified atom stereocenters. The van der Waals surface area contributed by atoms with Crippen LogP contribution in [0.15, 0.2) is 29.2 Å². The summed E-state index contributed by atoms with van der Waals surface area (Å²) in [4.78, 5) is 15.5. The fourth-order valence-electron chi connectivity index (χ4n) is 4.25. The van der Waals surface area contributed by atoms with E-state index < -0.39 is 19.4 Å². The molecule has 2 N–H and O–H groups in total. The molecule has 9 nitrogen and oxygen atoms in total. The first-order chi connectivity index (χ1) is 18.5. The summed E-state index contributed by atoms with van der Waals surface area (Å²) in [6.45, 7) is 3.82. The van der Waals surface area contributed by atoms with Crippen LogP contribution in [0.2, 0.25) is 0 Å². The molecular formula is C28H50N3O6P. The number of nitrogens with two attached hydrogens (primary N) is 1. The summed E-state index contributed by atoms with van der Waals surface area (Å²) in [7, 11) is -3.30. The smallest absolute Gasteiger partial charge is 0.356 e. The molecule has 38 heavy (non-hydrogen) atoms. The van der Waals surface area contributed by atoms with E-state index in [0.29, 0.717) is 13.2 Å². The van der Waals surface area contributed by atoms with Crippen LogP contribution >= 0.6 is 7.60 Å². The summed E-state index contributed by atoms with van der Waals surface area (Å²) >= 11 is 0. The summed E-state index contributed by atoms with van der Waals surface area (Å²) in [5.41, 5.74) is 5.03. The number of rotatable bonds is 22. The fourth-order valence-corrected chi connectivity index (χ4v) is 5.61. The quantitative estimate of drug-likeness (QED) is 0.0984. The maximum Gasteiger partial charge on any atom is 0.356 e. The van der Waals surface area contributed by atoms with E-state index in [1.807, 2.05) is 0 Å². The van der Waals surface area contributed by atoms with Crippen LogP contribution in [0.5, 0.6) is 0 Å². The molecule has 0 bridgehead atoms. The zero-order valence-corrected chi connectivity index (χ0v) is 24.3. The number of anilines is 1. The first-order valence-electron chi connectivity index (χ1n) is 14.6. The lowest BCUT2D eigenvalue weighted by atomic mass is 10.1. The Morgan fingerprint density at radius 3 is 2.29 bits per heavy atom. The molecule has 2 heterocycles. The van der Waals surface area contributed by atoms with Crippen molar-refractivity contribution in [2.45, 2.75) is 109 Å². The zero-order chi connectivity index (χ0) is 27.3. The molecule has 218 valence electrons. The molecule has 0 radical (unpaired) electrons. The summed E-state index contributed by atoms with van der Waals surface area (Å²) in [5, 5.41) is 0. The largest absolute Gasteiger partial charge is 0.383 e. The average Bonchev–Trinajstić information content (AvgIpc) is 2.90. The highest BCUT2D eigenvalue weighted by molar-refractivity contribution is 7.53. The zero-order valence-electron chi connectivity index (χ0n) is 23.4. The van der Waals surface area contributed by atoms with E-state index in [-0.39, 0.29) is 31.9 Å². The second-order valence-corrected chi connectivity index (χ2v) is 12.0.